The molecular formula is C13H18N4O2. The van der Waals surface area contributed by atoms with E-state index in [1.165, 1.54) is 17.7 Å². The number of imidazole rings is 1. The Morgan fingerprint density at radius 3 is 2.89 bits per heavy atom. The van der Waals surface area contributed by atoms with Crippen LogP contribution in [-0.2, 0) is 13.1 Å². The molecule has 0 saturated carbocycles. The molecule has 2 heterocycles. The molecule has 0 aromatic carbocycles. The predicted molar refractivity (Wildman–Crippen MR) is 71.4 cm³/mol. The fourth-order valence-corrected chi connectivity index (χ4v) is 1.98. The number of methoxy groups -OCH3 is 1. The highest BCUT2D eigenvalue weighted by Crippen LogP contribution is 2.09. The van der Waals surface area contributed by atoms with E-state index in [1.807, 2.05) is 4.57 Å². The van der Waals surface area contributed by atoms with Crippen LogP contribution in [0.5, 0.6) is 6.01 Å². The lowest BCUT2D eigenvalue weighted by atomic mass is 10.4. The van der Waals surface area contributed by atoms with Crippen molar-refractivity contribution in [2.24, 2.45) is 0 Å². The molecule has 0 spiro atoms. The molecule has 0 radical (unpaired) electrons. The van der Waals surface area contributed by atoms with Gasteiger partial charge in [0.1, 0.15) is 0 Å². The van der Waals surface area contributed by atoms with E-state index in [2.05, 4.69) is 16.9 Å². The summed E-state index contributed by atoms with van der Waals surface area (Å²) in [4.78, 5) is 20.4. The molecule has 0 unspecified atom stereocenters. The molecular weight excluding hydrogens is 244 g/mol. The number of nitrogens with zero attached hydrogens (tertiary/aromatic N) is 4. The predicted octanol–water partition coefficient (Wildman–Crippen LogP) is 1.22. The Balaban J connectivity index is 2.38. The van der Waals surface area contributed by atoms with Crippen molar-refractivity contribution >= 4 is 0 Å². The summed E-state index contributed by atoms with van der Waals surface area (Å²) in [5.41, 5.74) is 1.50. The third-order valence-electron chi connectivity index (χ3n) is 2.87. The van der Waals surface area contributed by atoms with Gasteiger partial charge >= 0.3 is 0 Å². The molecule has 102 valence electrons. The SMILES string of the molecule is CCCn1cncc1Cn1c(OC)nc(C)cc1=O. The van der Waals surface area contributed by atoms with Gasteiger partial charge in [-0.15, -0.1) is 0 Å². The Labute approximate surface area is 111 Å². The monoisotopic (exact) mass is 262 g/mol. The number of ether oxygens (including phenoxy) is 1. The van der Waals surface area contributed by atoms with Gasteiger partial charge in [-0.25, -0.2) is 9.97 Å². The van der Waals surface area contributed by atoms with Crippen LogP contribution in [-0.4, -0.2) is 26.2 Å². The molecule has 6 heteroatoms. The van der Waals surface area contributed by atoms with Gasteiger partial charge in [0.15, 0.2) is 0 Å². The molecule has 2 rings (SSSR count). The molecule has 0 aliphatic rings. The van der Waals surface area contributed by atoms with Gasteiger partial charge in [0, 0.05) is 24.5 Å². The lowest BCUT2D eigenvalue weighted by Crippen LogP contribution is -2.24. The summed E-state index contributed by atoms with van der Waals surface area (Å²) in [5.74, 6) is 0. The first-order valence-electron chi connectivity index (χ1n) is 6.27. The molecule has 0 aliphatic carbocycles. The van der Waals surface area contributed by atoms with E-state index in [9.17, 15) is 4.79 Å². The van der Waals surface area contributed by atoms with Gasteiger partial charge in [0.05, 0.1) is 25.7 Å². The van der Waals surface area contributed by atoms with E-state index < -0.39 is 0 Å². The quantitative estimate of drug-likeness (QED) is 0.812. The Hall–Kier alpha value is -2.11. The second kappa shape index (κ2) is 5.69. The third kappa shape index (κ3) is 2.83. The normalized spacial score (nSPS) is 10.7. The minimum atomic E-state index is -0.117. The standard InChI is InChI=1S/C13H18N4O2/c1-4-5-16-9-14-7-11(16)8-17-12(18)6-10(2)15-13(17)19-3/h6-7,9H,4-5,8H2,1-3H3. The summed E-state index contributed by atoms with van der Waals surface area (Å²) in [6, 6.07) is 1.83. The fraction of sp³-hybridized carbons (Fsp3) is 0.462. The Morgan fingerprint density at radius 1 is 1.42 bits per heavy atom. The molecule has 0 saturated heterocycles. The smallest absolute Gasteiger partial charge is 0.299 e. The van der Waals surface area contributed by atoms with Crippen LogP contribution in [0.4, 0.5) is 0 Å². The van der Waals surface area contributed by atoms with E-state index in [4.69, 9.17) is 4.74 Å². The zero-order valence-corrected chi connectivity index (χ0v) is 11.5. The molecule has 19 heavy (non-hydrogen) atoms. The van der Waals surface area contributed by atoms with E-state index in [-0.39, 0.29) is 5.56 Å². The van der Waals surface area contributed by atoms with Gasteiger partial charge in [-0.3, -0.25) is 9.36 Å². The van der Waals surface area contributed by atoms with Crippen LogP contribution in [0.1, 0.15) is 24.7 Å². The highest BCUT2D eigenvalue weighted by molar-refractivity contribution is 5.10. The zero-order valence-electron chi connectivity index (χ0n) is 11.5. The second-order valence-electron chi connectivity index (χ2n) is 4.39. The van der Waals surface area contributed by atoms with Crippen molar-refractivity contribution in [1.29, 1.82) is 0 Å². The molecule has 2 aromatic heterocycles. The summed E-state index contributed by atoms with van der Waals surface area (Å²) < 4.78 is 8.72. The van der Waals surface area contributed by atoms with Crippen molar-refractivity contribution < 1.29 is 4.74 Å². The lowest BCUT2D eigenvalue weighted by Gasteiger charge is -2.12. The maximum absolute atomic E-state index is 12.0. The van der Waals surface area contributed by atoms with E-state index in [0.717, 1.165) is 18.7 Å². The van der Waals surface area contributed by atoms with Crippen molar-refractivity contribution in [3.05, 3.63) is 40.3 Å². The number of rotatable bonds is 5. The highest BCUT2D eigenvalue weighted by atomic mass is 16.5. The Morgan fingerprint density at radius 2 is 2.21 bits per heavy atom. The minimum Gasteiger partial charge on any atom is -0.468 e. The van der Waals surface area contributed by atoms with Crippen LogP contribution >= 0.6 is 0 Å². The molecule has 6 nitrogen and oxygen atoms in total. The van der Waals surface area contributed by atoms with Crippen LogP contribution in [0.2, 0.25) is 0 Å². The summed E-state index contributed by atoms with van der Waals surface area (Å²) in [6.45, 7) is 5.17. The average Bonchev–Trinajstić information content (AvgIpc) is 2.80. The van der Waals surface area contributed by atoms with E-state index in [1.54, 1.807) is 19.4 Å². The van der Waals surface area contributed by atoms with Crippen LogP contribution in [0.15, 0.2) is 23.4 Å². The van der Waals surface area contributed by atoms with Crippen molar-refractivity contribution in [1.82, 2.24) is 19.1 Å². The summed E-state index contributed by atoms with van der Waals surface area (Å²) in [7, 11) is 1.51. The highest BCUT2D eigenvalue weighted by Gasteiger charge is 2.10. The molecule has 0 atom stereocenters. The first-order valence-corrected chi connectivity index (χ1v) is 6.27. The van der Waals surface area contributed by atoms with Crippen molar-refractivity contribution in [2.75, 3.05) is 7.11 Å². The van der Waals surface area contributed by atoms with Crippen molar-refractivity contribution in [3.63, 3.8) is 0 Å². The van der Waals surface area contributed by atoms with Crippen molar-refractivity contribution in [2.45, 2.75) is 33.4 Å². The molecule has 0 bridgehead atoms. The van der Waals surface area contributed by atoms with Crippen molar-refractivity contribution in [3.8, 4) is 6.01 Å². The molecule has 2 aromatic rings. The van der Waals surface area contributed by atoms with Crippen LogP contribution in [0.3, 0.4) is 0 Å². The van der Waals surface area contributed by atoms with Gasteiger partial charge in [0.2, 0.25) is 0 Å². The van der Waals surface area contributed by atoms with E-state index in [0.29, 0.717) is 18.2 Å². The van der Waals surface area contributed by atoms with Gasteiger partial charge in [-0.2, -0.15) is 0 Å². The van der Waals surface area contributed by atoms with E-state index >= 15 is 0 Å². The number of aryl methyl sites for hydroxylation is 2. The second-order valence-corrected chi connectivity index (χ2v) is 4.39. The number of aromatic nitrogens is 4. The molecule has 0 fully saturated rings. The summed E-state index contributed by atoms with van der Waals surface area (Å²) >= 11 is 0. The first kappa shape index (κ1) is 13.3. The lowest BCUT2D eigenvalue weighted by molar-refractivity contribution is 0.348. The van der Waals surface area contributed by atoms with Gasteiger partial charge in [0.25, 0.3) is 11.6 Å². The zero-order chi connectivity index (χ0) is 13.8. The first-order chi connectivity index (χ1) is 9.15. The Kier molecular flexibility index (Phi) is 3.99. The maximum atomic E-state index is 12.0. The molecule has 0 aliphatic heterocycles. The number of hydrogen-bond acceptors (Lipinski definition) is 4. The van der Waals surface area contributed by atoms with Gasteiger partial charge < -0.3 is 9.30 Å². The van der Waals surface area contributed by atoms with Crippen LogP contribution in [0, 0.1) is 6.92 Å². The molecule has 0 amide bonds. The van der Waals surface area contributed by atoms with Gasteiger partial charge in [-0.1, -0.05) is 6.92 Å². The fourth-order valence-electron chi connectivity index (χ4n) is 1.98. The third-order valence-corrected chi connectivity index (χ3v) is 2.87. The average molecular weight is 262 g/mol. The molecule has 0 N–H and O–H groups in total. The summed E-state index contributed by atoms with van der Waals surface area (Å²) in [6.07, 6.45) is 4.56. The van der Waals surface area contributed by atoms with Crippen LogP contribution < -0.4 is 10.3 Å². The van der Waals surface area contributed by atoms with Crippen LogP contribution in [0.25, 0.3) is 0 Å². The topological polar surface area (TPSA) is 61.9 Å². The van der Waals surface area contributed by atoms with Gasteiger partial charge in [-0.05, 0) is 13.3 Å². The summed E-state index contributed by atoms with van der Waals surface area (Å²) in [5, 5.41) is 0. The Bertz CT molecular complexity index is 615. The largest absolute Gasteiger partial charge is 0.468 e. The minimum absolute atomic E-state index is 0.117. The number of hydrogen-bond donors (Lipinski definition) is 0. The maximum Gasteiger partial charge on any atom is 0.299 e.